The molecule has 376 valence electrons. The molecule has 6 rings (SSSR count). The first-order valence-electron chi connectivity index (χ1n) is 23.5. The van der Waals surface area contributed by atoms with Crippen LogP contribution in [0.5, 0.6) is 23.0 Å². The van der Waals surface area contributed by atoms with Crippen molar-refractivity contribution in [3.05, 3.63) is 117 Å². The van der Waals surface area contributed by atoms with Crippen molar-refractivity contribution in [1.29, 1.82) is 0 Å². The Balaban J connectivity index is 0.862. The van der Waals surface area contributed by atoms with E-state index < -0.39 is 23.5 Å². The number of aromatic carboxylic acids is 2. The fourth-order valence-electron chi connectivity index (χ4n) is 9.13. The molecule has 0 aliphatic rings. The molecule has 18 nitrogen and oxygen atoms in total. The molecule has 71 heavy (non-hydrogen) atoms. The van der Waals surface area contributed by atoms with Crippen LogP contribution < -0.4 is 41.0 Å². The summed E-state index contributed by atoms with van der Waals surface area (Å²) in [5.41, 5.74) is 15.1. The highest BCUT2D eigenvalue weighted by Crippen LogP contribution is 2.40. The van der Waals surface area contributed by atoms with E-state index >= 15 is 0 Å². The number of nitrogens with two attached hydrogens (primary N) is 2. The molecule has 4 aromatic heterocycles. The largest absolute Gasteiger partial charge is 0.494 e. The molecule has 0 bridgehead atoms. The van der Waals surface area contributed by atoms with Gasteiger partial charge in [0.05, 0.1) is 25.3 Å². The van der Waals surface area contributed by atoms with Crippen LogP contribution in [0.4, 0.5) is 11.4 Å². The Morgan fingerprint density at radius 2 is 0.873 bits per heavy atom. The van der Waals surface area contributed by atoms with E-state index in [0.717, 1.165) is 57.8 Å². The van der Waals surface area contributed by atoms with Gasteiger partial charge in [0.15, 0.2) is 24.7 Å². The van der Waals surface area contributed by atoms with Gasteiger partial charge in [0.25, 0.3) is 11.8 Å². The van der Waals surface area contributed by atoms with Crippen molar-refractivity contribution in [2.75, 3.05) is 52.0 Å². The van der Waals surface area contributed by atoms with E-state index in [-0.39, 0.29) is 81.2 Å². The summed E-state index contributed by atoms with van der Waals surface area (Å²) in [6.07, 6.45) is 12.3. The van der Waals surface area contributed by atoms with Crippen molar-refractivity contribution in [1.82, 2.24) is 19.4 Å². The first kappa shape index (κ1) is 52.4. The number of benzene rings is 2. The first-order chi connectivity index (χ1) is 34.0. The topological polar surface area (TPSA) is 265 Å². The fourth-order valence-corrected chi connectivity index (χ4v) is 9.13. The molecule has 0 unspecified atom stereocenters. The molecule has 18 heteroatoms. The third kappa shape index (κ3) is 11.4. The van der Waals surface area contributed by atoms with E-state index in [1.54, 1.807) is 73.2 Å². The number of hydrogen-bond donors (Lipinski definition) is 6. The first-order valence-corrected chi connectivity index (χ1v) is 23.5. The van der Waals surface area contributed by atoms with Crippen molar-refractivity contribution in [2.24, 2.45) is 0 Å². The summed E-state index contributed by atoms with van der Waals surface area (Å²) in [5, 5.41) is 25.2. The Morgan fingerprint density at radius 1 is 0.521 bits per heavy atom. The van der Waals surface area contributed by atoms with Crippen molar-refractivity contribution in [3.8, 4) is 23.0 Å². The van der Waals surface area contributed by atoms with Gasteiger partial charge in [-0.15, -0.1) is 0 Å². The average Bonchev–Trinajstić information content (AvgIpc) is 3.80. The summed E-state index contributed by atoms with van der Waals surface area (Å²) >= 11 is 0. The molecule has 0 atom stereocenters. The number of carboxylic acid groups (broad SMARTS) is 2. The van der Waals surface area contributed by atoms with Crippen molar-refractivity contribution >= 4 is 57.7 Å². The van der Waals surface area contributed by atoms with Gasteiger partial charge in [0, 0.05) is 59.1 Å². The third-order valence-electron chi connectivity index (χ3n) is 12.7. The van der Waals surface area contributed by atoms with E-state index in [1.165, 1.54) is 38.5 Å². The lowest BCUT2D eigenvalue weighted by Crippen LogP contribution is -2.29. The number of nitrogens with zero attached hydrogens (tertiary/aromatic N) is 2. The number of aromatic nitrogens is 2. The number of amides is 2. The van der Waals surface area contributed by atoms with E-state index in [4.69, 9.17) is 30.4 Å². The number of fused-ring (bicyclic) bond motifs is 2. The lowest BCUT2D eigenvalue weighted by atomic mass is 9.95. The number of carbonyl (C=O) groups excluding carboxylic acids is 4. The molecular weight excluding hydrogens is 913 g/mol. The van der Waals surface area contributed by atoms with Crippen molar-refractivity contribution in [2.45, 2.75) is 85.5 Å². The molecule has 0 saturated heterocycles. The number of unbranched alkanes of at least 4 members (excludes halogenated alkanes) is 8. The van der Waals surface area contributed by atoms with Crippen LogP contribution in [-0.4, -0.2) is 94.9 Å². The maximum absolute atomic E-state index is 13.9. The number of carboxylic acids is 2. The van der Waals surface area contributed by atoms with Gasteiger partial charge in [-0.05, 0) is 100 Å². The maximum Gasteiger partial charge on any atom is 0.338 e. The monoisotopic (exact) mass is 974 g/mol. The second kappa shape index (κ2) is 23.5. The van der Waals surface area contributed by atoms with E-state index in [0.29, 0.717) is 58.2 Å². The summed E-state index contributed by atoms with van der Waals surface area (Å²) in [4.78, 5) is 77.1. The van der Waals surface area contributed by atoms with Crippen LogP contribution in [0, 0.1) is 27.7 Å². The predicted molar refractivity (Wildman–Crippen MR) is 268 cm³/mol. The molecule has 0 saturated carbocycles. The molecule has 0 spiro atoms. The number of nitrogens with one attached hydrogen (secondary N) is 2. The molecule has 0 radical (unpaired) electrons. The summed E-state index contributed by atoms with van der Waals surface area (Å²) in [7, 11) is 2.96. The van der Waals surface area contributed by atoms with Gasteiger partial charge in [-0.2, -0.15) is 0 Å². The molecule has 2 aromatic carbocycles. The molecule has 8 N–H and O–H groups in total. The van der Waals surface area contributed by atoms with Gasteiger partial charge < -0.3 is 60.1 Å². The van der Waals surface area contributed by atoms with Gasteiger partial charge in [-0.1, -0.05) is 44.9 Å². The van der Waals surface area contributed by atoms with Crippen LogP contribution in [0.15, 0.2) is 60.9 Å². The second-order valence-electron chi connectivity index (χ2n) is 17.3. The molecule has 0 aliphatic heterocycles. The van der Waals surface area contributed by atoms with Crippen LogP contribution in [0.2, 0.25) is 0 Å². The lowest BCUT2D eigenvalue weighted by Gasteiger charge is -2.12. The number of ketones is 2. The van der Waals surface area contributed by atoms with E-state index in [2.05, 4.69) is 10.6 Å². The second-order valence-corrected chi connectivity index (χ2v) is 17.3. The van der Waals surface area contributed by atoms with E-state index in [1.807, 2.05) is 0 Å². The number of rotatable bonds is 26. The zero-order valence-corrected chi connectivity index (χ0v) is 41.0. The molecule has 0 fully saturated rings. The number of pyridine rings is 2. The zero-order valence-electron chi connectivity index (χ0n) is 41.0. The fraction of sp³-hybridized carbons (Fsp3) is 0.358. The SMILES string of the molecule is COc1c(C)c(C(=O)c2ccc(N)c(C(=O)O)c2C)n2cccc(OCC(=O)NCCCCCCCCCCCNC(=O)COc3cccn4c(C(=O)c5ccc(N)c(C(=O)O)c5C)c(C)c(OC)c34)c12. The highest BCUT2D eigenvalue weighted by atomic mass is 16.5. The molecule has 4 heterocycles. The quantitative estimate of drug-likeness (QED) is 0.0173. The van der Waals surface area contributed by atoms with Crippen LogP contribution >= 0.6 is 0 Å². The van der Waals surface area contributed by atoms with Gasteiger partial charge in [0.1, 0.15) is 33.9 Å². The Hall–Kier alpha value is -8.02. The standard InChI is InChI=1S/C53H62N6O12/c1-30-34(20-22-36(54)42(30)52(64)65)48(62)44-32(3)50(68-5)46-38(18-16-26-58(44)46)70-28-40(60)56-24-14-12-10-8-7-9-11-13-15-25-57-41(61)29-71-39-19-17-27-59-45(33(4)51(69-6)47(39)59)49(63)35-21-23-37(55)43(31(35)2)53(66)67/h16-23,26-27H,7-15,24-25,28-29,54-55H2,1-6H3,(H,56,60)(H,57,61)(H,64,65)(H,66,67). The smallest absolute Gasteiger partial charge is 0.338 e. The normalized spacial score (nSPS) is 11.1. The number of anilines is 2. The highest BCUT2D eigenvalue weighted by molar-refractivity contribution is 6.14. The number of hydrogen-bond acceptors (Lipinski definition) is 12. The molecule has 6 aromatic rings. The Kier molecular flexibility index (Phi) is 17.3. The minimum Gasteiger partial charge on any atom is -0.494 e. The minimum atomic E-state index is -1.23. The predicted octanol–water partition coefficient (Wildman–Crippen LogP) is 7.67. The summed E-state index contributed by atoms with van der Waals surface area (Å²) < 4.78 is 26.5. The van der Waals surface area contributed by atoms with Crippen molar-refractivity contribution < 1.29 is 57.9 Å². The third-order valence-corrected chi connectivity index (χ3v) is 12.7. The lowest BCUT2D eigenvalue weighted by molar-refractivity contribution is -0.123. The summed E-state index contributed by atoms with van der Waals surface area (Å²) in [5.74, 6) is -2.37. The minimum absolute atomic E-state index is 0.0630. The molecular formula is C53H62N6O12. The number of carbonyl (C=O) groups is 6. The van der Waals surface area contributed by atoms with Gasteiger partial charge in [0.2, 0.25) is 11.6 Å². The highest BCUT2D eigenvalue weighted by Gasteiger charge is 2.29. The summed E-state index contributed by atoms with van der Waals surface area (Å²) in [6.45, 7) is 7.09. The number of methoxy groups -OCH3 is 2. The van der Waals surface area contributed by atoms with Crippen LogP contribution in [-0.2, 0) is 9.59 Å². The van der Waals surface area contributed by atoms with Gasteiger partial charge in [-0.25, -0.2) is 9.59 Å². The van der Waals surface area contributed by atoms with Crippen LogP contribution in [0.1, 0.15) is 133 Å². The Morgan fingerprint density at radius 3 is 1.21 bits per heavy atom. The summed E-state index contributed by atoms with van der Waals surface area (Å²) in [6, 6.07) is 12.6. The number of ether oxygens (including phenoxy) is 4. The molecule has 0 aliphatic carbocycles. The number of nitrogen functional groups attached to an aromatic ring is 2. The molecule has 2 amide bonds. The van der Waals surface area contributed by atoms with Crippen LogP contribution in [0.25, 0.3) is 11.0 Å². The average molecular weight is 975 g/mol. The Labute approximate surface area is 411 Å². The van der Waals surface area contributed by atoms with E-state index in [9.17, 15) is 39.0 Å². The maximum atomic E-state index is 13.9. The van der Waals surface area contributed by atoms with Crippen LogP contribution in [0.3, 0.4) is 0 Å². The van der Waals surface area contributed by atoms with Gasteiger partial charge >= 0.3 is 11.9 Å². The van der Waals surface area contributed by atoms with Gasteiger partial charge in [-0.3, -0.25) is 19.2 Å². The van der Waals surface area contributed by atoms with Crippen molar-refractivity contribution in [3.63, 3.8) is 0 Å². The zero-order chi connectivity index (χ0) is 51.5. The Bertz CT molecular complexity index is 2810.